The van der Waals surface area contributed by atoms with Crippen LogP contribution in [0.25, 0.3) is 22.5 Å². The van der Waals surface area contributed by atoms with E-state index in [-0.39, 0.29) is 24.2 Å². The molecule has 1 fully saturated rings. The highest BCUT2D eigenvalue weighted by Gasteiger charge is 2.28. The van der Waals surface area contributed by atoms with Gasteiger partial charge < -0.3 is 18.6 Å². The normalized spacial score (nSPS) is 15.1. The van der Waals surface area contributed by atoms with Gasteiger partial charge in [0.2, 0.25) is 11.7 Å². The smallest absolute Gasteiger partial charge is 0.309 e. The minimum atomic E-state index is -0.165. The number of esters is 1. The number of hydrogen-bond donors (Lipinski definition) is 0. The summed E-state index contributed by atoms with van der Waals surface area (Å²) in [5.74, 6) is 0.784. The molecular weight excluding hydrogens is 360 g/mol. The lowest BCUT2D eigenvalue weighted by molar-refractivity contribution is -0.151. The summed E-state index contributed by atoms with van der Waals surface area (Å²) in [5.41, 5.74) is 1.34. The highest BCUT2D eigenvalue weighted by Crippen LogP contribution is 2.28. The minimum Gasteiger partial charge on any atom is -0.466 e. The average molecular weight is 382 g/mol. The molecule has 0 spiro atoms. The number of fused-ring (bicyclic) bond motifs is 1. The van der Waals surface area contributed by atoms with Gasteiger partial charge in [-0.15, -0.1) is 0 Å². The van der Waals surface area contributed by atoms with Gasteiger partial charge in [0, 0.05) is 24.5 Å². The van der Waals surface area contributed by atoms with Crippen molar-refractivity contribution >= 4 is 22.8 Å². The van der Waals surface area contributed by atoms with E-state index < -0.39 is 0 Å². The topological polar surface area (TPSA) is 85.8 Å². The molecule has 0 atom stereocenters. The number of amides is 1. The van der Waals surface area contributed by atoms with E-state index in [1.54, 1.807) is 17.9 Å². The molecule has 7 heteroatoms. The van der Waals surface area contributed by atoms with E-state index in [9.17, 15) is 9.59 Å². The Hall–Kier alpha value is -3.09. The molecule has 3 heterocycles. The molecular formula is C21H22N2O5. The number of aromatic nitrogens is 1. The van der Waals surface area contributed by atoms with Crippen molar-refractivity contribution in [1.29, 1.82) is 0 Å². The van der Waals surface area contributed by atoms with Gasteiger partial charge in [-0.2, -0.15) is 0 Å². The quantitative estimate of drug-likeness (QED) is 0.629. The Morgan fingerprint density at radius 1 is 1.18 bits per heavy atom. The second-order valence-corrected chi connectivity index (χ2v) is 6.91. The first-order valence-electron chi connectivity index (χ1n) is 9.53. The first-order chi connectivity index (χ1) is 13.6. The van der Waals surface area contributed by atoms with E-state index >= 15 is 0 Å². The number of likely N-dealkylation sites (tertiary alicyclic amines) is 1. The van der Waals surface area contributed by atoms with Gasteiger partial charge in [0.1, 0.15) is 5.58 Å². The molecule has 146 valence electrons. The second-order valence-electron chi connectivity index (χ2n) is 6.91. The zero-order valence-electron chi connectivity index (χ0n) is 15.7. The van der Waals surface area contributed by atoms with Crippen LogP contribution in [0.1, 0.15) is 25.5 Å². The Labute approximate surface area is 162 Å². The summed E-state index contributed by atoms with van der Waals surface area (Å²) < 4.78 is 16.2. The predicted octanol–water partition coefficient (Wildman–Crippen LogP) is 3.43. The van der Waals surface area contributed by atoms with Crippen LogP contribution in [0.5, 0.6) is 0 Å². The number of piperidine rings is 1. The van der Waals surface area contributed by atoms with Crippen LogP contribution in [0.4, 0.5) is 0 Å². The third kappa shape index (κ3) is 3.78. The van der Waals surface area contributed by atoms with Gasteiger partial charge in [0.15, 0.2) is 5.76 Å². The molecule has 0 saturated carbocycles. The van der Waals surface area contributed by atoms with Gasteiger partial charge in [0.05, 0.1) is 24.6 Å². The maximum atomic E-state index is 12.6. The van der Waals surface area contributed by atoms with Gasteiger partial charge in [-0.05, 0) is 31.9 Å². The zero-order chi connectivity index (χ0) is 19.5. The van der Waals surface area contributed by atoms with Crippen molar-refractivity contribution in [3.8, 4) is 11.5 Å². The SMILES string of the molecule is CCOC(=O)C1CCN(C(=O)Cc2cc(-c3cc4ccccc4o3)on2)CC1. The molecule has 0 bridgehead atoms. The molecule has 3 aromatic rings. The lowest BCUT2D eigenvalue weighted by atomic mass is 9.96. The van der Waals surface area contributed by atoms with E-state index in [0.29, 0.717) is 49.8 Å². The Morgan fingerprint density at radius 3 is 2.71 bits per heavy atom. The van der Waals surface area contributed by atoms with Crippen LogP contribution in [0.2, 0.25) is 0 Å². The Balaban J connectivity index is 1.36. The number of nitrogens with zero attached hydrogens (tertiary/aromatic N) is 2. The van der Waals surface area contributed by atoms with Crippen molar-refractivity contribution in [3.05, 3.63) is 42.1 Å². The van der Waals surface area contributed by atoms with E-state index in [4.69, 9.17) is 13.7 Å². The van der Waals surface area contributed by atoms with Crippen LogP contribution in [-0.4, -0.2) is 41.6 Å². The molecule has 7 nitrogen and oxygen atoms in total. The van der Waals surface area contributed by atoms with Crippen molar-refractivity contribution in [2.75, 3.05) is 19.7 Å². The first-order valence-corrected chi connectivity index (χ1v) is 9.53. The third-order valence-electron chi connectivity index (χ3n) is 5.03. The van der Waals surface area contributed by atoms with E-state index in [2.05, 4.69) is 5.16 Å². The fourth-order valence-electron chi connectivity index (χ4n) is 3.51. The number of carbonyl (C=O) groups is 2. The predicted molar refractivity (Wildman–Crippen MR) is 101 cm³/mol. The highest BCUT2D eigenvalue weighted by molar-refractivity contribution is 5.82. The van der Waals surface area contributed by atoms with Gasteiger partial charge in [-0.25, -0.2) is 0 Å². The van der Waals surface area contributed by atoms with Crippen LogP contribution < -0.4 is 0 Å². The summed E-state index contributed by atoms with van der Waals surface area (Å²) in [6.45, 7) is 3.29. The number of rotatable bonds is 5. The lowest BCUT2D eigenvalue weighted by Crippen LogP contribution is -2.41. The zero-order valence-corrected chi connectivity index (χ0v) is 15.7. The maximum absolute atomic E-state index is 12.6. The van der Waals surface area contributed by atoms with Crippen LogP contribution >= 0.6 is 0 Å². The van der Waals surface area contributed by atoms with Gasteiger partial charge >= 0.3 is 5.97 Å². The first kappa shape index (κ1) is 18.3. The summed E-state index contributed by atoms with van der Waals surface area (Å²) >= 11 is 0. The fraction of sp³-hybridized carbons (Fsp3) is 0.381. The van der Waals surface area contributed by atoms with E-state index in [1.807, 2.05) is 30.3 Å². The summed E-state index contributed by atoms with van der Waals surface area (Å²) in [6.07, 6.45) is 1.43. The van der Waals surface area contributed by atoms with Crippen LogP contribution in [-0.2, 0) is 20.7 Å². The van der Waals surface area contributed by atoms with Crippen molar-refractivity contribution in [2.24, 2.45) is 5.92 Å². The molecule has 1 aliphatic heterocycles. The largest absolute Gasteiger partial charge is 0.466 e. The monoisotopic (exact) mass is 382 g/mol. The van der Waals surface area contributed by atoms with Gasteiger partial charge in [-0.3, -0.25) is 9.59 Å². The molecule has 0 aliphatic carbocycles. The fourth-order valence-corrected chi connectivity index (χ4v) is 3.51. The number of hydrogen-bond acceptors (Lipinski definition) is 6. The number of furan rings is 1. The maximum Gasteiger partial charge on any atom is 0.309 e. The number of para-hydroxylation sites is 1. The number of carbonyl (C=O) groups excluding carboxylic acids is 2. The molecule has 1 saturated heterocycles. The standard InChI is InChI=1S/C21H22N2O5/c1-2-26-21(25)14-7-9-23(10-8-14)20(24)13-16-12-19(28-22-16)18-11-15-5-3-4-6-17(15)27-18/h3-6,11-12,14H,2,7-10,13H2,1H3. The lowest BCUT2D eigenvalue weighted by Gasteiger charge is -2.30. The number of benzene rings is 1. The molecule has 1 aromatic carbocycles. The van der Waals surface area contributed by atoms with Crippen LogP contribution in [0.15, 0.2) is 45.3 Å². The Kier molecular flexibility index (Phi) is 5.14. The summed E-state index contributed by atoms with van der Waals surface area (Å²) in [7, 11) is 0. The van der Waals surface area contributed by atoms with Gasteiger partial charge in [-0.1, -0.05) is 23.4 Å². The Bertz CT molecular complexity index is 949. The van der Waals surface area contributed by atoms with Crippen molar-refractivity contribution in [2.45, 2.75) is 26.2 Å². The summed E-state index contributed by atoms with van der Waals surface area (Å²) in [6, 6.07) is 11.3. The number of ether oxygens (including phenoxy) is 1. The third-order valence-corrected chi connectivity index (χ3v) is 5.03. The molecule has 1 amide bonds. The van der Waals surface area contributed by atoms with E-state index in [0.717, 1.165) is 11.0 Å². The molecule has 0 N–H and O–H groups in total. The minimum absolute atomic E-state index is 0.0215. The highest BCUT2D eigenvalue weighted by atomic mass is 16.5. The molecule has 1 aliphatic rings. The summed E-state index contributed by atoms with van der Waals surface area (Å²) in [4.78, 5) is 26.1. The summed E-state index contributed by atoms with van der Waals surface area (Å²) in [5, 5.41) is 4.99. The molecule has 28 heavy (non-hydrogen) atoms. The van der Waals surface area contributed by atoms with Crippen LogP contribution in [0, 0.1) is 5.92 Å². The van der Waals surface area contributed by atoms with Crippen molar-refractivity contribution in [3.63, 3.8) is 0 Å². The molecule has 0 radical (unpaired) electrons. The van der Waals surface area contributed by atoms with Crippen LogP contribution in [0.3, 0.4) is 0 Å². The van der Waals surface area contributed by atoms with E-state index in [1.165, 1.54) is 0 Å². The molecule has 2 aromatic heterocycles. The average Bonchev–Trinajstić information content (AvgIpc) is 3.35. The second kappa shape index (κ2) is 7.88. The molecule has 0 unspecified atom stereocenters. The van der Waals surface area contributed by atoms with Gasteiger partial charge in [0.25, 0.3) is 0 Å². The Morgan fingerprint density at radius 2 is 1.96 bits per heavy atom. The van der Waals surface area contributed by atoms with Crippen molar-refractivity contribution in [1.82, 2.24) is 10.1 Å². The van der Waals surface area contributed by atoms with Crippen molar-refractivity contribution < 1.29 is 23.3 Å². The molecule has 4 rings (SSSR count).